The van der Waals surface area contributed by atoms with Crippen molar-refractivity contribution < 1.29 is 9.72 Å². The first-order valence-corrected chi connectivity index (χ1v) is 8.77. The van der Waals surface area contributed by atoms with Gasteiger partial charge in [-0.2, -0.15) is 0 Å². The zero-order chi connectivity index (χ0) is 19.0. The lowest BCUT2D eigenvalue weighted by Gasteiger charge is -2.18. The number of nitrogens with one attached hydrogen (secondary N) is 1. The maximum Gasteiger partial charge on any atom is 0.278 e. The number of benzene rings is 2. The number of nitro benzene ring substituents is 1. The zero-order valence-corrected chi connectivity index (χ0v) is 14.9. The summed E-state index contributed by atoms with van der Waals surface area (Å²) in [6, 6.07) is 11.5. The highest BCUT2D eigenvalue weighted by atomic mass is 35.5. The largest absolute Gasteiger partial charge is 0.373 e. The van der Waals surface area contributed by atoms with E-state index in [4.69, 9.17) is 11.6 Å². The highest BCUT2D eigenvalue weighted by Crippen LogP contribution is 2.32. The molecule has 0 spiro atoms. The molecule has 7 nitrogen and oxygen atoms in total. The Morgan fingerprint density at radius 2 is 2.07 bits per heavy atom. The van der Waals surface area contributed by atoms with Crippen LogP contribution in [-0.2, 0) is 4.79 Å². The number of non-ortho nitro benzene ring substituents is 1. The van der Waals surface area contributed by atoms with Crippen LogP contribution >= 0.6 is 11.6 Å². The van der Waals surface area contributed by atoms with Crippen LogP contribution < -0.4 is 10.2 Å². The predicted molar refractivity (Wildman–Crippen MR) is 104 cm³/mol. The Hall–Kier alpha value is -3.19. The van der Waals surface area contributed by atoms with E-state index in [1.807, 2.05) is 12.1 Å². The summed E-state index contributed by atoms with van der Waals surface area (Å²) < 4.78 is 0. The minimum absolute atomic E-state index is 0.0121. The van der Waals surface area contributed by atoms with E-state index in [1.165, 1.54) is 12.3 Å². The first kappa shape index (κ1) is 17.2. The van der Waals surface area contributed by atoms with E-state index >= 15 is 0 Å². The predicted octanol–water partition coefficient (Wildman–Crippen LogP) is 4.01. The highest BCUT2D eigenvalue weighted by Gasteiger charge is 2.33. The van der Waals surface area contributed by atoms with Crippen LogP contribution in [0, 0.1) is 10.1 Å². The number of hydrogen-bond donors (Lipinski definition) is 1. The first-order valence-electron chi connectivity index (χ1n) is 8.39. The standard InChI is InChI=1S/C19H15ClN4O3/c20-12-2-1-3-13(10-12)23-9-7-17(19(23)25)22-16-4-5-18(24(26)27)15-11-21-8-6-14(15)16/h1-6,8,10-11,17,22H,7,9H2. The van der Waals surface area contributed by atoms with Gasteiger partial charge in [0.15, 0.2) is 0 Å². The molecule has 2 aromatic carbocycles. The summed E-state index contributed by atoms with van der Waals surface area (Å²) in [4.78, 5) is 29.3. The van der Waals surface area contributed by atoms with E-state index in [0.29, 0.717) is 34.4 Å². The van der Waals surface area contributed by atoms with Crippen molar-refractivity contribution in [1.29, 1.82) is 0 Å². The molecule has 1 aliphatic heterocycles. The fraction of sp³-hybridized carbons (Fsp3) is 0.158. The van der Waals surface area contributed by atoms with Gasteiger partial charge in [0.05, 0.1) is 10.3 Å². The summed E-state index contributed by atoms with van der Waals surface area (Å²) in [5, 5.41) is 16.1. The second kappa shape index (κ2) is 6.85. The fourth-order valence-electron chi connectivity index (χ4n) is 3.36. The number of rotatable bonds is 4. The van der Waals surface area contributed by atoms with Crippen molar-refractivity contribution in [3.63, 3.8) is 0 Å². The van der Waals surface area contributed by atoms with Gasteiger partial charge in [0.25, 0.3) is 5.69 Å². The van der Waals surface area contributed by atoms with Crippen molar-refractivity contribution in [3.05, 3.63) is 70.0 Å². The summed E-state index contributed by atoms with van der Waals surface area (Å²) in [6.07, 6.45) is 3.66. The van der Waals surface area contributed by atoms with E-state index in [0.717, 1.165) is 5.69 Å². The van der Waals surface area contributed by atoms with E-state index < -0.39 is 11.0 Å². The van der Waals surface area contributed by atoms with Gasteiger partial charge < -0.3 is 10.2 Å². The van der Waals surface area contributed by atoms with Gasteiger partial charge in [-0.1, -0.05) is 17.7 Å². The molecule has 1 aromatic heterocycles. The lowest BCUT2D eigenvalue weighted by molar-refractivity contribution is -0.383. The number of anilines is 2. The van der Waals surface area contributed by atoms with Crippen molar-refractivity contribution in [2.24, 2.45) is 0 Å². The average Bonchev–Trinajstić information content (AvgIpc) is 3.02. The van der Waals surface area contributed by atoms with E-state index in [9.17, 15) is 14.9 Å². The Balaban J connectivity index is 1.63. The summed E-state index contributed by atoms with van der Waals surface area (Å²) >= 11 is 6.03. The van der Waals surface area contributed by atoms with Crippen LogP contribution in [0.1, 0.15) is 6.42 Å². The van der Waals surface area contributed by atoms with Crippen molar-refractivity contribution in [2.75, 3.05) is 16.8 Å². The highest BCUT2D eigenvalue weighted by molar-refractivity contribution is 6.31. The smallest absolute Gasteiger partial charge is 0.278 e. The van der Waals surface area contributed by atoms with Crippen molar-refractivity contribution >= 4 is 45.3 Å². The minimum Gasteiger partial charge on any atom is -0.373 e. The second-order valence-electron chi connectivity index (χ2n) is 6.27. The Morgan fingerprint density at radius 3 is 2.85 bits per heavy atom. The summed E-state index contributed by atoms with van der Waals surface area (Å²) in [5.41, 5.74) is 1.42. The number of aromatic nitrogens is 1. The van der Waals surface area contributed by atoms with Gasteiger partial charge in [-0.05, 0) is 36.8 Å². The minimum atomic E-state index is -0.435. The number of fused-ring (bicyclic) bond motifs is 1. The number of pyridine rings is 1. The molecule has 1 saturated heterocycles. The number of nitro groups is 1. The number of carbonyl (C=O) groups is 1. The van der Waals surface area contributed by atoms with Crippen molar-refractivity contribution in [1.82, 2.24) is 4.98 Å². The lowest BCUT2D eigenvalue weighted by atomic mass is 10.1. The molecule has 1 amide bonds. The molecule has 2 heterocycles. The van der Waals surface area contributed by atoms with Crippen LogP contribution in [0.25, 0.3) is 10.8 Å². The third-order valence-corrected chi connectivity index (χ3v) is 4.88. The zero-order valence-electron chi connectivity index (χ0n) is 14.1. The number of nitrogens with zero attached hydrogens (tertiary/aromatic N) is 3. The van der Waals surface area contributed by atoms with Crippen molar-refractivity contribution in [2.45, 2.75) is 12.5 Å². The molecular weight excluding hydrogens is 368 g/mol. The van der Waals surface area contributed by atoms with Gasteiger partial charge in [0.1, 0.15) is 6.04 Å². The molecule has 1 aliphatic rings. The topological polar surface area (TPSA) is 88.4 Å². The van der Waals surface area contributed by atoms with Gasteiger partial charge in [-0.15, -0.1) is 0 Å². The number of amides is 1. The van der Waals surface area contributed by atoms with Gasteiger partial charge >= 0.3 is 0 Å². The van der Waals surface area contributed by atoms with Gasteiger partial charge in [0, 0.05) is 46.8 Å². The molecule has 1 fully saturated rings. The molecule has 0 saturated carbocycles. The van der Waals surface area contributed by atoms with Crippen LogP contribution in [0.4, 0.5) is 17.1 Å². The van der Waals surface area contributed by atoms with E-state index in [1.54, 1.807) is 35.4 Å². The van der Waals surface area contributed by atoms with Crippen LogP contribution in [0.2, 0.25) is 5.02 Å². The van der Waals surface area contributed by atoms with E-state index in [2.05, 4.69) is 10.3 Å². The molecule has 3 aromatic rings. The Morgan fingerprint density at radius 1 is 1.22 bits per heavy atom. The monoisotopic (exact) mass is 382 g/mol. The quantitative estimate of drug-likeness (QED) is 0.544. The molecule has 0 bridgehead atoms. The normalized spacial score (nSPS) is 16.7. The summed E-state index contributed by atoms with van der Waals surface area (Å²) in [6.45, 7) is 0.573. The van der Waals surface area contributed by atoms with Gasteiger partial charge in [-0.25, -0.2) is 0 Å². The second-order valence-corrected chi connectivity index (χ2v) is 6.70. The fourth-order valence-corrected chi connectivity index (χ4v) is 3.55. The van der Waals surface area contributed by atoms with E-state index in [-0.39, 0.29) is 11.6 Å². The van der Waals surface area contributed by atoms with Gasteiger partial charge in [0.2, 0.25) is 5.91 Å². The maximum absolute atomic E-state index is 12.8. The SMILES string of the molecule is O=C1C(Nc2ccc([N+](=O)[O-])c3cnccc23)CCN1c1cccc(Cl)c1. The molecule has 1 N–H and O–H groups in total. The van der Waals surface area contributed by atoms with Crippen LogP contribution in [0.15, 0.2) is 54.9 Å². The molecule has 0 aliphatic carbocycles. The molecule has 136 valence electrons. The molecular formula is C19H15ClN4O3. The number of halogens is 1. The summed E-state index contributed by atoms with van der Waals surface area (Å²) in [7, 11) is 0. The molecule has 8 heteroatoms. The van der Waals surface area contributed by atoms with Crippen LogP contribution in [-0.4, -0.2) is 28.4 Å². The van der Waals surface area contributed by atoms with Gasteiger partial charge in [-0.3, -0.25) is 19.9 Å². The molecule has 27 heavy (non-hydrogen) atoms. The average molecular weight is 383 g/mol. The Labute approximate surface area is 159 Å². The van der Waals surface area contributed by atoms with Crippen LogP contribution in [0.3, 0.4) is 0 Å². The number of carbonyl (C=O) groups excluding carboxylic acids is 1. The van der Waals surface area contributed by atoms with Crippen molar-refractivity contribution in [3.8, 4) is 0 Å². The molecule has 1 atom stereocenters. The molecule has 0 radical (unpaired) electrons. The Kier molecular flexibility index (Phi) is 4.37. The van der Waals surface area contributed by atoms with Crippen LogP contribution in [0.5, 0.6) is 0 Å². The molecule has 1 unspecified atom stereocenters. The third-order valence-electron chi connectivity index (χ3n) is 4.65. The first-order chi connectivity index (χ1) is 13.0. The maximum atomic E-state index is 12.8. The number of hydrogen-bond acceptors (Lipinski definition) is 5. The third kappa shape index (κ3) is 3.17. The molecule has 4 rings (SSSR count). The lowest BCUT2D eigenvalue weighted by Crippen LogP contribution is -2.33. The summed E-state index contributed by atoms with van der Waals surface area (Å²) in [5.74, 6) is -0.0576. The Bertz CT molecular complexity index is 1060.